The summed E-state index contributed by atoms with van der Waals surface area (Å²) in [4.78, 5) is 12.7. The predicted molar refractivity (Wildman–Crippen MR) is 113 cm³/mol. The fraction of sp³-hybridized carbons (Fsp3) is 0.435. The van der Waals surface area contributed by atoms with Crippen molar-refractivity contribution in [1.82, 2.24) is 10.6 Å². The Morgan fingerprint density at radius 2 is 1.86 bits per heavy atom. The number of benzene rings is 2. The van der Waals surface area contributed by atoms with Crippen molar-refractivity contribution in [3.05, 3.63) is 54.1 Å². The molecule has 1 fully saturated rings. The molecule has 0 radical (unpaired) electrons. The highest BCUT2D eigenvalue weighted by Gasteiger charge is 2.23. The topological polar surface area (TPSA) is 68.8 Å². The molecule has 0 saturated carbocycles. The SMILES string of the molecule is CCOc1cc(C(=O)NC2CCNCC2C)ccc1OCCOc1ccccc1. The summed E-state index contributed by atoms with van der Waals surface area (Å²) in [6.07, 6.45) is 0.938. The van der Waals surface area contributed by atoms with Crippen LogP contribution in [-0.4, -0.2) is 44.9 Å². The Labute approximate surface area is 172 Å². The molecule has 6 heteroatoms. The summed E-state index contributed by atoms with van der Waals surface area (Å²) in [6, 6.07) is 15.1. The van der Waals surface area contributed by atoms with Crippen LogP contribution in [0.15, 0.2) is 48.5 Å². The lowest BCUT2D eigenvalue weighted by molar-refractivity contribution is 0.0913. The number of ether oxygens (including phenoxy) is 3. The predicted octanol–water partition coefficient (Wildman–Crippen LogP) is 3.27. The van der Waals surface area contributed by atoms with Gasteiger partial charge in [-0.3, -0.25) is 4.79 Å². The monoisotopic (exact) mass is 398 g/mol. The number of rotatable bonds is 9. The number of carbonyl (C=O) groups excluding carboxylic acids is 1. The van der Waals surface area contributed by atoms with E-state index in [0.29, 0.717) is 42.8 Å². The molecule has 2 aromatic carbocycles. The van der Waals surface area contributed by atoms with Crippen LogP contribution in [0.25, 0.3) is 0 Å². The first-order chi connectivity index (χ1) is 14.2. The standard InChI is InChI=1S/C23H30N2O4/c1-3-27-22-15-18(23(26)25-20-11-12-24-16-17(20)2)9-10-21(22)29-14-13-28-19-7-5-4-6-8-19/h4-10,15,17,20,24H,3,11-14,16H2,1-2H3,(H,25,26). The highest BCUT2D eigenvalue weighted by molar-refractivity contribution is 5.95. The lowest BCUT2D eigenvalue weighted by Gasteiger charge is -2.30. The van der Waals surface area contributed by atoms with E-state index in [-0.39, 0.29) is 11.9 Å². The van der Waals surface area contributed by atoms with Crippen molar-refractivity contribution in [1.29, 1.82) is 0 Å². The molecule has 1 saturated heterocycles. The molecule has 0 spiro atoms. The van der Waals surface area contributed by atoms with Gasteiger partial charge in [-0.15, -0.1) is 0 Å². The Kier molecular flexibility index (Phi) is 7.76. The minimum absolute atomic E-state index is 0.0799. The van der Waals surface area contributed by atoms with Gasteiger partial charge in [-0.2, -0.15) is 0 Å². The second kappa shape index (κ2) is 10.7. The third-order valence-corrected chi connectivity index (χ3v) is 4.96. The maximum atomic E-state index is 12.7. The first-order valence-electron chi connectivity index (χ1n) is 10.3. The molecule has 3 rings (SSSR count). The van der Waals surface area contributed by atoms with Crippen molar-refractivity contribution in [2.75, 3.05) is 32.9 Å². The van der Waals surface area contributed by atoms with Crippen molar-refractivity contribution < 1.29 is 19.0 Å². The van der Waals surface area contributed by atoms with Crippen molar-refractivity contribution in [3.8, 4) is 17.2 Å². The van der Waals surface area contributed by atoms with E-state index in [1.54, 1.807) is 18.2 Å². The number of nitrogens with one attached hydrogen (secondary N) is 2. The van der Waals surface area contributed by atoms with Gasteiger partial charge in [0.15, 0.2) is 11.5 Å². The van der Waals surface area contributed by atoms with Gasteiger partial charge in [0.2, 0.25) is 0 Å². The zero-order valence-electron chi connectivity index (χ0n) is 17.1. The van der Waals surface area contributed by atoms with Crippen LogP contribution in [0.1, 0.15) is 30.6 Å². The Bertz CT molecular complexity index is 782. The number of carbonyl (C=O) groups is 1. The number of amides is 1. The Hall–Kier alpha value is -2.73. The summed E-state index contributed by atoms with van der Waals surface area (Å²) >= 11 is 0. The molecule has 1 aliphatic heterocycles. The Balaban J connectivity index is 1.57. The smallest absolute Gasteiger partial charge is 0.251 e. The van der Waals surface area contributed by atoms with Crippen LogP contribution in [0.2, 0.25) is 0 Å². The molecule has 2 atom stereocenters. The summed E-state index contributed by atoms with van der Waals surface area (Å²) in [7, 11) is 0. The molecule has 2 aromatic rings. The van der Waals surface area contributed by atoms with E-state index < -0.39 is 0 Å². The van der Waals surface area contributed by atoms with Crippen molar-refractivity contribution in [2.45, 2.75) is 26.3 Å². The van der Waals surface area contributed by atoms with Crippen molar-refractivity contribution >= 4 is 5.91 Å². The molecule has 0 bridgehead atoms. The summed E-state index contributed by atoms with van der Waals surface area (Å²) in [5.41, 5.74) is 0.576. The summed E-state index contributed by atoms with van der Waals surface area (Å²) in [5.74, 6) is 2.31. The summed E-state index contributed by atoms with van der Waals surface area (Å²) in [5, 5.41) is 6.50. The molecule has 2 unspecified atom stereocenters. The minimum atomic E-state index is -0.0799. The fourth-order valence-electron chi connectivity index (χ4n) is 3.34. The number of hydrogen-bond donors (Lipinski definition) is 2. The molecule has 6 nitrogen and oxygen atoms in total. The van der Waals surface area contributed by atoms with E-state index >= 15 is 0 Å². The molecule has 2 N–H and O–H groups in total. The van der Waals surface area contributed by atoms with Crippen LogP contribution in [0, 0.1) is 5.92 Å². The molecule has 1 amide bonds. The molecule has 0 aliphatic carbocycles. The van der Waals surface area contributed by atoms with E-state index in [2.05, 4.69) is 17.6 Å². The highest BCUT2D eigenvalue weighted by atomic mass is 16.5. The van der Waals surface area contributed by atoms with Crippen LogP contribution in [-0.2, 0) is 0 Å². The second-order valence-corrected chi connectivity index (χ2v) is 7.15. The molecule has 0 aromatic heterocycles. The second-order valence-electron chi connectivity index (χ2n) is 7.15. The molecule has 156 valence electrons. The Morgan fingerprint density at radius 3 is 2.62 bits per heavy atom. The van der Waals surface area contributed by atoms with E-state index in [4.69, 9.17) is 14.2 Å². The third kappa shape index (κ3) is 6.12. The Morgan fingerprint density at radius 1 is 1.07 bits per heavy atom. The van der Waals surface area contributed by atoms with Crippen LogP contribution in [0.3, 0.4) is 0 Å². The number of para-hydroxylation sites is 1. The lowest BCUT2D eigenvalue weighted by atomic mass is 9.95. The summed E-state index contributed by atoms with van der Waals surface area (Å²) in [6.45, 7) is 7.21. The molecule has 1 aliphatic rings. The van der Waals surface area contributed by atoms with Gasteiger partial charge in [-0.05, 0) is 62.7 Å². The summed E-state index contributed by atoms with van der Waals surface area (Å²) < 4.78 is 17.2. The van der Waals surface area contributed by atoms with Gasteiger partial charge in [-0.1, -0.05) is 25.1 Å². The van der Waals surface area contributed by atoms with Gasteiger partial charge in [0.1, 0.15) is 19.0 Å². The van der Waals surface area contributed by atoms with Gasteiger partial charge in [0.05, 0.1) is 6.61 Å². The van der Waals surface area contributed by atoms with Crippen LogP contribution in [0.4, 0.5) is 0 Å². The van der Waals surface area contributed by atoms with E-state index in [1.807, 2.05) is 37.3 Å². The maximum Gasteiger partial charge on any atom is 0.251 e. The zero-order chi connectivity index (χ0) is 20.5. The highest BCUT2D eigenvalue weighted by Crippen LogP contribution is 2.29. The van der Waals surface area contributed by atoms with Gasteiger partial charge >= 0.3 is 0 Å². The molecule has 29 heavy (non-hydrogen) atoms. The first kappa shape index (κ1) is 21.0. The van der Waals surface area contributed by atoms with Gasteiger partial charge < -0.3 is 24.8 Å². The van der Waals surface area contributed by atoms with Gasteiger partial charge in [-0.25, -0.2) is 0 Å². The van der Waals surface area contributed by atoms with Crippen LogP contribution < -0.4 is 24.8 Å². The lowest BCUT2D eigenvalue weighted by Crippen LogP contribution is -2.48. The fourth-order valence-corrected chi connectivity index (χ4v) is 3.34. The van der Waals surface area contributed by atoms with E-state index in [9.17, 15) is 4.79 Å². The van der Waals surface area contributed by atoms with Crippen LogP contribution >= 0.6 is 0 Å². The van der Waals surface area contributed by atoms with Crippen molar-refractivity contribution in [3.63, 3.8) is 0 Å². The average Bonchev–Trinajstić information content (AvgIpc) is 2.74. The normalized spacial score (nSPS) is 18.7. The number of piperidine rings is 1. The molecular weight excluding hydrogens is 368 g/mol. The quantitative estimate of drug-likeness (QED) is 0.635. The van der Waals surface area contributed by atoms with E-state index in [0.717, 1.165) is 25.3 Å². The van der Waals surface area contributed by atoms with Gasteiger partial charge in [0.25, 0.3) is 5.91 Å². The zero-order valence-corrected chi connectivity index (χ0v) is 17.1. The maximum absolute atomic E-state index is 12.7. The molecule has 1 heterocycles. The van der Waals surface area contributed by atoms with Crippen LogP contribution in [0.5, 0.6) is 17.2 Å². The minimum Gasteiger partial charge on any atom is -0.490 e. The molecular formula is C23H30N2O4. The first-order valence-corrected chi connectivity index (χ1v) is 10.3. The van der Waals surface area contributed by atoms with E-state index in [1.165, 1.54) is 0 Å². The van der Waals surface area contributed by atoms with Gasteiger partial charge in [0, 0.05) is 11.6 Å². The third-order valence-electron chi connectivity index (χ3n) is 4.96. The average molecular weight is 399 g/mol. The van der Waals surface area contributed by atoms with Crippen molar-refractivity contribution in [2.24, 2.45) is 5.92 Å². The largest absolute Gasteiger partial charge is 0.490 e. The number of hydrogen-bond acceptors (Lipinski definition) is 5.